The van der Waals surface area contributed by atoms with E-state index in [1.54, 1.807) is 6.07 Å². The molecule has 8 heteroatoms. The van der Waals surface area contributed by atoms with Crippen LogP contribution in [0.4, 0.5) is 10.2 Å². The van der Waals surface area contributed by atoms with E-state index < -0.39 is 0 Å². The van der Waals surface area contributed by atoms with Crippen LogP contribution in [-0.4, -0.2) is 35.6 Å². The number of anilines is 1. The van der Waals surface area contributed by atoms with E-state index in [0.717, 1.165) is 53.0 Å². The maximum atomic E-state index is 13.4. The topological polar surface area (TPSA) is 67.3 Å². The first-order valence-electron chi connectivity index (χ1n) is 11.1. The van der Waals surface area contributed by atoms with Crippen molar-refractivity contribution in [2.75, 3.05) is 24.6 Å². The average Bonchev–Trinajstić information content (AvgIpc) is 2.83. The van der Waals surface area contributed by atoms with Crippen LogP contribution in [0.5, 0.6) is 5.75 Å². The van der Waals surface area contributed by atoms with Gasteiger partial charge in [-0.3, -0.25) is 4.79 Å². The van der Waals surface area contributed by atoms with E-state index in [2.05, 4.69) is 20.2 Å². The molecule has 0 aliphatic carbocycles. The number of rotatable bonds is 8. The van der Waals surface area contributed by atoms with Gasteiger partial charge in [-0.25, -0.2) is 14.4 Å². The predicted molar refractivity (Wildman–Crippen MR) is 127 cm³/mol. The maximum Gasteiger partial charge on any atom is 0.223 e. The van der Waals surface area contributed by atoms with Crippen LogP contribution in [0.25, 0.3) is 0 Å². The second-order valence-electron chi connectivity index (χ2n) is 7.83. The molecule has 3 aromatic rings. The van der Waals surface area contributed by atoms with E-state index in [1.807, 2.05) is 43.3 Å². The highest BCUT2D eigenvalue weighted by atomic mass is 32.2. The Balaban J connectivity index is 1.28. The van der Waals surface area contributed by atoms with E-state index in [1.165, 1.54) is 30.2 Å². The third-order valence-electron chi connectivity index (χ3n) is 5.51. The Morgan fingerprint density at radius 3 is 2.76 bits per heavy atom. The fraction of sp³-hybridized carbons (Fsp3) is 0.320. The molecule has 33 heavy (non-hydrogen) atoms. The zero-order valence-electron chi connectivity index (χ0n) is 18.5. The monoisotopic (exact) mass is 466 g/mol. The van der Waals surface area contributed by atoms with Gasteiger partial charge in [0.1, 0.15) is 28.7 Å². The van der Waals surface area contributed by atoms with Crippen LogP contribution < -0.4 is 15.0 Å². The summed E-state index contributed by atoms with van der Waals surface area (Å²) in [5.74, 6) is 1.45. The van der Waals surface area contributed by atoms with Crippen LogP contribution in [0.1, 0.15) is 25.3 Å². The van der Waals surface area contributed by atoms with E-state index in [4.69, 9.17) is 4.74 Å². The first-order valence-corrected chi connectivity index (χ1v) is 11.9. The quantitative estimate of drug-likeness (QED) is 0.486. The lowest BCUT2D eigenvalue weighted by Crippen LogP contribution is -2.40. The van der Waals surface area contributed by atoms with E-state index in [9.17, 15) is 9.18 Å². The van der Waals surface area contributed by atoms with Crippen molar-refractivity contribution in [2.45, 2.75) is 36.2 Å². The number of amides is 1. The van der Waals surface area contributed by atoms with Gasteiger partial charge >= 0.3 is 0 Å². The van der Waals surface area contributed by atoms with Gasteiger partial charge in [0.15, 0.2) is 0 Å². The molecule has 0 radical (unpaired) electrons. The Morgan fingerprint density at radius 1 is 1.15 bits per heavy atom. The molecule has 1 amide bonds. The van der Waals surface area contributed by atoms with Gasteiger partial charge in [0, 0.05) is 36.5 Å². The Kier molecular flexibility index (Phi) is 7.78. The molecule has 2 heterocycles. The largest absolute Gasteiger partial charge is 0.494 e. The van der Waals surface area contributed by atoms with Gasteiger partial charge in [0.05, 0.1) is 6.61 Å². The number of nitrogens with one attached hydrogen (secondary N) is 1. The lowest BCUT2D eigenvalue weighted by molar-refractivity contribution is -0.125. The Labute approximate surface area is 197 Å². The van der Waals surface area contributed by atoms with Crippen molar-refractivity contribution >= 4 is 23.5 Å². The highest BCUT2D eigenvalue weighted by Gasteiger charge is 2.25. The molecule has 1 fully saturated rings. The Hall–Kier alpha value is -3.13. The minimum Gasteiger partial charge on any atom is -0.494 e. The van der Waals surface area contributed by atoms with Gasteiger partial charge < -0.3 is 15.0 Å². The first kappa shape index (κ1) is 23.0. The smallest absolute Gasteiger partial charge is 0.223 e. The first-order chi connectivity index (χ1) is 16.1. The molecule has 1 aliphatic rings. The highest BCUT2D eigenvalue weighted by molar-refractivity contribution is 7.99. The summed E-state index contributed by atoms with van der Waals surface area (Å²) in [6.07, 6.45) is 3.06. The molecule has 0 unspecified atom stereocenters. The number of piperidine rings is 1. The molecule has 4 rings (SSSR count). The number of carbonyl (C=O) groups is 1. The van der Waals surface area contributed by atoms with Gasteiger partial charge in [-0.05, 0) is 55.7 Å². The van der Waals surface area contributed by atoms with Crippen LogP contribution in [-0.2, 0) is 11.3 Å². The molecule has 1 aromatic heterocycles. The summed E-state index contributed by atoms with van der Waals surface area (Å²) >= 11 is 1.40. The van der Waals surface area contributed by atoms with Crippen molar-refractivity contribution in [3.05, 3.63) is 72.3 Å². The number of benzene rings is 2. The molecule has 0 bridgehead atoms. The lowest BCUT2D eigenvalue weighted by Gasteiger charge is -2.32. The van der Waals surface area contributed by atoms with Crippen LogP contribution >= 0.6 is 11.8 Å². The number of ether oxygens (including phenoxy) is 1. The van der Waals surface area contributed by atoms with Gasteiger partial charge in [-0.15, -0.1) is 0 Å². The molecule has 0 spiro atoms. The van der Waals surface area contributed by atoms with Gasteiger partial charge in [0.2, 0.25) is 5.91 Å². The van der Waals surface area contributed by atoms with Crippen LogP contribution in [0.15, 0.2) is 70.8 Å². The van der Waals surface area contributed by atoms with Crippen LogP contribution in [0, 0.1) is 11.7 Å². The SMILES string of the molecule is CCOc1cccc(CNC(=O)C2CCN(c3cc(Sc4cccc(F)c4)ncn3)CC2)c1. The molecule has 172 valence electrons. The maximum absolute atomic E-state index is 13.4. The fourth-order valence-corrected chi connectivity index (χ4v) is 4.65. The summed E-state index contributed by atoms with van der Waals surface area (Å²) in [7, 11) is 0. The molecule has 0 saturated carbocycles. The number of aromatic nitrogens is 2. The molecule has 1 aliphatic heterocycles. The molecular weight excluding hydrogens is 439 g/mol. The standard InChI is InChI=1S/C25H27FN4O2S/c1-2-32-21-7-3-5-18(13-21)16-27-25(31)19-9-11-30(12-10-19)23-15-24(29-17-28-23)33-22-8-4-6-20(26)14-22/h3-8,13-15,17,19H,2,9-12,16H2,1H3,(H,27,31). The van der Waals surface area contributed by atoms with Gasteiger partial charge in [-0.2, -0.15) is 0 Å². The van der Waals surface area contributed by atoms with Crippen molar-refractivity contribution in [3.8, 4) is 5.75 Å². The van der Waals surface area contributed by atoms with Crippen molar-refractivity contribution in [3.63, 3.8) is 0 Å². The van der Waals surface area contributed by atoms with E-state index >= 15 is 0 Å². The highest BCUT2D eigenvalue weighted by Crippen LogP contribution is 2.29. The summed E-state index contributed by atoms with van der Waals surface area (Å²) in [6.45, 7) is 4.56. The van der Waals surface area contributed by atoms with Crippen molar-refractivity contribution in [1.29, 1.82) is 0 Å². The predicted octanol–water partition coefficient (Wildman–Crippen LogP) is 4.70. The van der Waals surface area contributed by atoms with Gasteiger partial charge in [-0.1, -0.05) is 30.0 Å². The minimum absolute atomic E-state index is 0.0145. The molecule has 1 N–H and O–H groups in total. The summed E-state index contributed by atoms with van der Waals surface area (Å²) in [5, 5.41) is 3.82. The fourth-order valence-electron chi connectivity index (χ4n) is 3.83. The summed E-state index contributed by atoms with van der Waals surface area (Å²) < 4.78 is 19.0. The number of halogens is 1. The second-order valence-corrected chi connectivity index (χ2v) is 8.93. The van der Waals surface area contributed by atoms with Gasteiger partial charge in [0.25, 0.3) is 0 Å². The second kappa shape index (κ2) is 11.1. The summed E-state index contributed by atoms with van der Waals surface area (Å²) in [4.78, 5) is 24.4. The third-order valence-corrected chi connectivity index (χ3v) is 6.43. The Bertz CT molecular complexity index is 1090. The minimum atomic E-state index is -0.267. The number of carbonyl (C=O) groups excluding carboxylic acids is 1. The van der Waals surface area contributed by atoms with E-state index in [0.29, 0.717) is 13.2 Å². The molecule has 6 nitrogen and oxygen atoms in total. The number of nitrogens with zero attached hydrogens (tertiary/aromatic N) is 3. The Morgan fingerprint density at radius 2 is 1.97 bits per heavy atom. The molecule has 1 saturated heterocycles. The molecule has 2 aromatic carbocycles. The average molecular weight is 467 g/mol. The third kappa shape index (κ3) is 6.44. The van der Waals surface area contributed by atoms with E-state index in [-0.39, 0.29) is 17.6 Å². The normalized spacial score (nSPS) is 14.2. The zero-order chi connectivity index (χ0) is 23.0. The molecule has 0 atom stereocenters. The lowest BCUT2D eigenvalue weighted by atomic mass is 9.96. The van der Waals surface area contributed by atoms with Crippen molar-refractivity contribution in [2.24, 2.45) is 5.92 Å². The van der Waals surface area contributed by atoms with Crippen molar-refractivity contribution in [1.82, 2.24) is 15.3 Å². The zero-order valence-corrected chi connectivity index (χ0v) is 19.4. The van der Waals surface area contributed by atoms with Crippen molar-refractivity contribution < 1.29 is 13.9 Å². The number of hydrogen-bond acceptors (Lipinski definition) is 6. The van der Waals surface area contributed by atoms with Crippen LogP contribution in [0.2, 0.25) is 0 Å². The number of hydrogen-bond donors (Lipinski definition) is 1. The summed E-state index contributed by atoms with van der Waals surface area (Å²) in [6, 6.07) is 16.2. The summed E-state index contributed by atoms with van der Waals surface area (Å²) in [5.41, 5.74) is 1.02. The van der Waals surface area contributed by atoms with Crippen LogP contribution in [0.3, 0.4) is 0 Å². The molecular formula is C25H27FN4O2S.